The van der Waals surface area contributed by atoms with Crippen LogP contribution >= 0.6 is 0 Å². The summed E-state index contributed by atoms with van der Waals surface area (Å²) in [6.07, 6.45) is -3.69. The van der Waals surface area contributed by atoms with E-state index in [-0.39, 0.29) is 38.2 Å². The van der Waals surface area contributed by atoms with Crippen molar-refractivity contribution >= 4 is 17.9 Å². The monoisotopic (exact) mass is 434 g/mol. The molecule has 0 amide bonds. The third-order valence-electron chi connectivity index (χ3n) is 1.07. The largest absolute Gasteiger partial charge is 0.479 e. The van der Waals surface area contributed by atoms with Gasteiger partial charge in [-0.25, -0.2) is 14.4 Å². The molecule has 6 N–H and O–H groups in total. The van der Waals surface area contributed by atoms with Gasteiger partial charge < -0.3 is 30.6 Å². The predicted octanol–water partition coefficient (Wildman–Crippen LogP) is -1.64. The van der Waals surface area contributed by atoms with Crippen LogP contribution in [0.25, 0.3) is 0 Å². The topological polar surface area (TPSA) is 173 Å². The van der Waals surface area contributed by atoms with Gasteiger partial charge in [-0.2, -0.15) is 0 Å². The fourth-order valence-corrected chi connectivity index (χ4v) is 0. The van der Waals surface area contributed by atoms with E-state index in [0.29, 0.717) is 0 Å². The van der Waals surface area contributed by atoms with Gasteiger partial charge in [0.15, 0.2) is 0 Å². The first-order valence-electron chi connectivity index (χ1n) is 4.66. The van der Waals surface area contributed by atoms with Crippen LogP contribution in [0, 0.1) is 38.2 Å². The van der Waals surface area contributed by atoms with Crippen molar-refractivity contribution in [1.82, 2.24) is 0 Å². The molecule has 0 aliphatic heterocycles. The van der Waals surface area contributed by atoms with Gasteiger partial charge in [-0.05, 0) is 20.8 Å². The number of aliphatic hydroxyl groups excluding tert-OH is 3. The standard InChI is InChI=1S/3C3H6O3.Dy/c3*1-2(4)3(5)6;/h3*2,4H,1H3,(H,5,6);. The van der Waals surface area contributed by atoms with Gasteiger partial charge in [0.2, 0.25) is 0 Å². The predicted molar refractivity (Wildman–Crippen MR) is 57.9 cm³/mol. The summed E-state index contributed by atoms with van der Waals surface area (Å²) in [4.78, 5) is 28.3. The Hall–Kier alpha value is -0.437. The Morgan fingerprint density at radius 3 is 0.684 bits per heavy atom. The molecule has 0 spiro atoms. The molecule has 0 aromatic carbocycles. The van der Waals surface area contributed by atoms with Gasteiger partial charge in [-0.1, -0.05) is 0 Å². The number of aliphatic hydroxyl groups is 3. The maximum Gasteiger partial charge on any atom is 0.332 e. The van der Waals surface area contributed by atoms with Crippen LogP contribution in [0.3, 0.4) is 0 Å². The van der Waals surface area contributed by atoms with Crippen molar-refractivity contribution in [3.8, 4) is 0 Å². The van der Waals surface area contributed by atoms with Gasteiger partial charge in [0.25, 0.3) is 0 Å². The number of rotatable bonds is 3. The van der Waals surface area contributed by atoms with Crippen molar-refractivity contribution in [1.29, 1.82) is 0 Å². The van der Waals surface area contributed by atoms with E-state index in [1.54, 1.807) is 0 Å². The van der Waals surface area contributed by atoms with Crippen LogP contribution in [0.1, 0.15) is 20.8 Å². The fraction of sp³-hybridized carbons (Fsp3) is 0.667. The second kappa shape index (κ2) is 15.6. The van der Waals surface area contributed by atoms with Gasteiger partial charge in [0, 0.05) is 38.2 Å². The van der Waals surface area contributed by atoms with E-state index in [1.165, 1.54) is 20.8 Å². The maximum absolute atomic E-state index is 9.45. The van der Waals surface area contributed by atoms with Crippen molar-refractivity contribution in [2.45, 2.75) is 39.1 Å². The summed E-state index contributed by atoms with van der Waals surface area (Å²) >= 11 is 0. The molecule has 3 atom stereocenters. The van der Waals surface area contributed by atoms with E-state index in [2.05, 4.69) is 0 Å². The number of hydrogen-bond donors (Lipinski definition) is 6. The molecule has 118 valence electrons. The third-order valence-corrected chi connectivity index (χ3v) is 1.07. The molecule has 19 heavy (non-hydrogen) atoms. The normalized spacial score (nSPS) is 12.9. The van der Waals surface area contributed by atoms with Crippen molar-refractivity contribution in [3.05, 3.63) is 0 Å². The van der Waals surface area contributed by atoms with E-state index < -0.39 is 36.2 Å². The van der Waals surface area contributed by atoms with Gasteiger partial charge in [-0.15, -0.1) is 0 Å². The molecular weight excluding hydrogens is 415 g/mol. The van der Waals surface area contributed by atoms with E-state index in [0.717, 1.165) is 0 Å². The molecule has 0 fully saturated rings. The van der Waals surface area contributed by atoms with Crippen molar-refractivity contribution < 1.29 is 83.2 Å². The van der Waals surface area contributed by atoms with E-state index in [9.17, 15) is 14.4 Å². The number of carboxylic acid groups (broad SMARTS) is 3. The summed E-state index contributed by atoms with van der Waals surface area (Å²) < 4.78 is 0. The Kier molecular flexibility index (Phi) is 22.2. The minimum absolute atomic E-state index is 0. The van der Waals surface area contributed by atoms with Gasteiger partial charge in [-0.3, -0.25) is 0 Å². The zero-order chi connectivity index (χ0) is 15.5. The molecule has 0 rings (SSSR count). The molecule has 0 aliphatic carbocycles. The quantitative estimate of drug-likeness (QED) is 0.305. The first kappa shape index (κ1) is 27.0. The van der Waals surface area contributed by atoms with Gasteiger partial charge in [0.1, 0.15) is 18.3 Å². The molecule has 0 saturated heterocycles. The number of carbonyl (C=O) groups is 3. The molecule has 0 aromatic rings. The van der Waals surface area contributed by atoms with E-state index >= 15 is 0 Å². The summed E-state index contributed by atoms with van der Waals surface area (Å²) in [6.45, 7) is 3.59. The van der Waals surface area contributed by atoms with E-state index in [1.807, 2.05) is 0 Å². The Morgan fingerprint density at radius 1 is 0.632 bits per heavy atom. The van der Waals surface area contributed by atoms with Crippen molar-refractivity contribution in [2.75, 3.05) is 0 Å². The molecular formula is C9H18DyO9. The Morgan fingerprint density at radius 2 is 0.684 bits per heavy atom. The van der Waals surface area contributed by atoms with Crippen LogP contribution in [0.4, 0.5) is 0 Å². The SMILES string of the molecule is CC(O)C(=O)O.CC(O)C(=O)O.CC(O)C(=O)O.[Dy]. The minimum Gasteiger partial charge on any atom is -0.479 e. The molecule has 3 unspecified atom stereocenters. The Balaban J connectivity index is -0.0000000865. The van der Waals surface area contributed by atoms with Crippen LogP contribution in [-0.2, 0) is 14.4 Å². The van der Waals surface area contributed by atoms with Gasteiger partial charge >= 0.3 is 17.9 Å². The average Bonchev–Trinajstić information content (AvgIpc) is 2.18. The smallest absolute Gasteiger partial charge is 0.332 e. The Bertz CT molecular complexity index is 220. The molecule has 0 saturated carbocycles. The van der Waals surface area contributed by atoms with Crippen LogP contribution in [-0.4, -0.2) is 66.9 Å². The molecule has 10 heteroatoms. The summed E-state index contributed by atoms with van der Waals surface area (Å²) in [5, 5.41) is 47.3. The summed E-state index contributed by atoms with van der Waals surface area (Å²) in [7, 11) is 0. The zero-order valence-corrected chi connectivity index (χ0v) is 12.5. The summed E-state index contributed by atoms with van der Waals surface area (Å²) in [5.41, 5.74) is 0. The molecule has 0 heterocycles. The van der Waals surface area contributed by atoms with Crippen LogP contribution in [0.5, 0.6) is 0 Å². The fourth-order valence-electron chi connectivity index (χ4n) is 0. The third kappa shape index (κ3) is 31.8. The maximum atomic E-state index is 9.45. The molecule has 0 aromatic heterocycles. The molecule has 0 aliphatic rings. The van der Waals surface area contributed by atoms with Crippen LogP contribution in [0.15, 0.2) is 0 Å². The van der Waals surface area contributed by atoms with Crippen molar-refractivity contribution in [3.63, 3.8) is 0 Å². The molecule has 9 nitrogen and oxygen atoms in total. The first-order chi connectivity index (χ1) is 7.93. The number of aliphatic carboxylic acids is 3. The molecule has 0 radical (unpaired) electrons. The Labute approximate surface area is 139 Å². The number of hydrogen-bond acceptors (Lipinski definition) is 6. The summed E-state index contributed by atoms with van der Waals surface area (Å²) in [5.74, 6) is -3.56. The minimum atomic E-state index is -1.23. The van der Waals surface area contributed by atoms with E-state index in [4.69, 9.17) is 30.6 Å². The van der Waals surface area contributed by atoms with Crippen LogP contribution in [0.2, 0.25) is 0 Å². The van der Waals surface area contributed by atoms with Crippen LogP contribution < -0.4 is 0 Å². The molecule has 0 bridgehead atoms. The van der Waals surface area contributed by atoms with Gasteiger partial charge in [0.05, 0.1) is 0 Å². The second-order valence-electron chi connectivity index (χ2n) is 3.04. The first-order valence-corrected chi connectivity index (χ1v) is 4.66. The number of carboxylic acids is 3. The summed E-state index contributed by atoms with van der Waals surface area (Å²) in [6, 6.07) is 0. The average molecular weight is 433 g/mol. The second-order valence-corrected chi connectivity index (χ2v) is 3.04. The van der Waals surface area contributed by atoms with Crippen molar-refractivity contribution in [2.24, 2.45) is 0 Å². The zero-order valence-electron chi connectivity index (χ0n) is 10.5.